The van der Waals surface area contributed by atoms with Gasteiger partial charge in [0.1, 0.15) is 5.52 Å². The number of aryl methyl sites for hydroxylation is 2. The van der Waals surface area contributed by atoms with E-state index in [1.54, 1.807) is 0 Å². The highest BCUT2D eigenvalue weighted by Crippen LogP contribution is 2.18. The van der Waals surface area contributed by atoms with E-state index in [0.29, 0.717) is 0 Å². The van der Waals surface area contributed by atoms with Crippen molar-refractivity contribution in [3.05, 3.63) is 29.7 Å². The number of oxazole rings is 1. The van der Waals surface area contributed by atoms with Crippen molar-refractivity contribution < 1.29 is 4.42 Å². The van der Waals surface area contributed by atoms with E-state index in [2.05, 4.69) is 24.0 Å². The summed E-state index contributed by atoms with van der Waals surface area (Å²) in [7, 11) is 0. The zero-order valence-corrected chi connectivity index (χ0v) is 9.42. The smallest absolute Gasteiger partial charge is 0.192 e. The lowest BCUT2D eigenvalue weighted by Crippen LogP contribution is -1.84. The van der Waals surface area contributed by atoms with Crippen LogP contribution < -0.4 is 0 Å². The lowest BCUT2D eigenvalue weighted by atomic mass is 10.1. The van der Waals surface area contributed by atoms with Gasteiger partial charge in [0.25, 0.3) is 0 Å². The Hall–Kier alpha value is -1.31. The predicted octanol–water partition coefficient (Wildman–Crippen LogP) is 3.87. The summed E-state index contributed by atoms with van der Waals surface area (Å²) in [5.41, 5.74) is 3.25. The number of rotatable bonds is 4. The van der Waals surface area contributed by atoms with Gasteiger partial charge in [0.2, 0.25) is 0 Å². The molecule has 0 fully saturated rings. The van der Waals surface area contributed by atoms with Crippen molar-refractivity contribution in [2.24, 2.45) is 0 Å². The van der Waals surface area contributed by atoms with Gasteiger partial charge < -0.3 is 4.42 Å². The van der Waals surface area contributed by atoms with Crippen molar-refractivity contribution >= 4 is 11.1 Å². The van der Waals surface area contributed by atoms with Crippen molar-refractivity contribution in [2.45, 2.75) is 39.5 Å². The van der Waals surface area contributed by atoms with Gasteiger partial charge in [-0.05, 0) is 30.5 Å². The molecule has 0 aliphatic heterocycles. The summed E-state index contributed by atoms with van der Waals surface area (Å²) >= 11 is 0. The molecule has 2 rings (SSSR count). The zero-order valence-electron chi connectivity index (χ0n) is 9.42. The molecular formula is C13H17NO. The van der Waals surface area contributed by atoms with E-state index in [1.165, 1.54) is 24.8 Å². The first kappa shape index (κ1) is 10.2. The number of hydrogen-bond acceptors (Lipinski definition) is 2. The third-order valence-electron chi connectivity index (χ3n) is 2.63. The maximum Gasteiger partial charge on any atom is 0.192 e. The first-order chi connectivity index (χ1) is 7.29. The molecule has 0 amide bonds. The van der Waals surface area contributed by atoms with Gasteiger partial charge in [0.05, 0.1) is 0 Å². The van der Waals surface area contributed by atoms with Crippen molar-refractivity contribution in [1.82, 2.24) is 4.98 Å². The van der Waals surface area contributed by atoms with Crippen LogP contribution in [0.15, 0.2) is 22.6 Å². The van der Waals surface area contributed by atoms with Crippen molar-refractivity contribution in [3.63, 3.8) is 0 Å². The summed E-state index contributed by atoms with van der Waals surface area (Å²) in [6, 6.07) is 6.31. The first-order valence-corrected chi connectivity index (χ1v) is 5.65. The van der Waals surface area contributed by atoms with E-state index in [1.807, 2.05) is 13.0 Å². The van der Waals surface area contributed by atoms with Gasteiger partial charge in [0, 0.05) is 6.92 Å². The average molecular weight is 203 g/mol. The van der Waals surface area contributed by atoms with E-state index in [0.717, 1.165) is 23.4 Å². The molecule has 1 aromatic carbocycles. The van der Waals surface area contributed by atoms with Crippen LogP contribution in [0.1, 0.15) is 37.6 Å². The van der Waals surface area contributed by atoms with Crippen molar-refractivity contribution in [2.75, 3.05) is 0 Å². The highest BCUT2D eigenvalue weighted by molar-refractivity contribution is 5.73. The Morgan fingerprint density at radius 2 is 2.13 bits per heavy atom. The second-order valence-electron chi connectivity index (χ2n) is 3.99. The molecule has 2 nitrogen and oxygen atoms in total. The monoisotopic (exact) mass is 203 g/mol. The molecule has 0 bridgehead atoms. The molecule has 0 N–H and O–H groups in total. The summed E-state index contributed by atoms with van der Waals surface area (Å²) in [4.78, 5) is 4.34. The van der Waals surface area contributed by atoms with Crippen LogP contribution in [0.25, 0.3) is 11.1 Å². The molecule has 1 aromatic heterocycles. The normalized spacial score (nSPS) is 11.1. The molecule has 0 atom stereocenters. The maximum absolute atomic E-state index is 5.44. The predicted molar refractivity (Wildman–Crippen MR) is 62.0 cm³/mol. The molecule has 2 heteroatoms. The quantitative estimate of drug-likeness (QED) is 0.705. The standard InChI is InChI=1S/C13H17NO/c1-3-4-5-6-11-7-8-13-12(9-11)14-10(2)15-13/h7-9H,3-6H2,1-2H3. The fraction of sp³-hybridized carbons (Fsp3) is 0.462. The Bertz CT molecular complexity index is 445. The number of benzene rings is 1. The van der Waals surface area contributed by atoms with Crippen LogP contribution in [0.5, 0.6) is 0 Å². The summed E-state index contributed by atoms with van der Waals surface area (Å²) in [5.74, 6) is 0.746. The molecule has 0 radical (unpaired) electrons. The molecule has 1 heterocycles. The van der Waals surface area contributed by atoms with Crippen LogP contribution in [0.2, 0.25) is 0 Å². The van der Waals surface area contributed by atoms with Gasteiger partial charge in [-0.1, -0.05) is 25.8 Å². The molecule has 0 saturated heterocycles. The fourth-order valence-corrected chi connectivity index (χ4v) is 1.82. The van der Waals surface area contributed by atoms with Crippen LogP contribution in [-0.4, -0.2) is 4.98 Å². The maximum atomic E-state index is 5.44. The number of fused-ring (bicyclic) bond motifs is 1. The van der Waals surface area contributed by atoms with E-state index >= 15 is 0 Å². The third kappa shape index (κ3) is 2.38. The van der Waals surface area contributed by atoms with E-state index in [-0.39, 0.29) is 0 Å². The summed E-state index contributed by atoms with van der Waals surface area (Å²) in [6.07, 6.45) is 4.98. The molecule has 80 valence electrons. The van der Waals surface area contributed by atoms with Crippen LogP contribution in [0, 0.1) is 6.92 Å². The molecule has 0 spiro atoms. The highest BCUT2D eigenvalue weighted by atomic mass is 16.3. The van der Waals surface area contributed by atoms with Crippen molar-refractivity contribution in [1.29, 1.82) is 0 Å². The number of nitrogens with zero attached hydrogens (tertiary/aromatic N) is 1. The Labute approximate surface area is 90.3 Å². The largest absolute Gasteiger partial charge is 0.441 e. The van der Waals surface area contributed by atoms with Gasteiger partial charge in [0.15, 0.2) is 11.5 Å². The number of hydrogen-bond donors (Lipinski definition) is 0. The zero-order chi connectivity index (χ0) is 10.7. The van der Waals surface area contributed by atoms with Gasteiger partial charge in [-0.15, -0.1) is 0 Å². The minimum Gasteiger partial charge on any atom is -0.441 e. The van der Waals surface area contributed by atoms with E-state index in [4.69, 9.17) is 4.42 Å². The Kier molecular flexibility index (Phi) is 3.05. The first-order valence-electron chi connectivity index (χ1n) is 5.65. The van der Waals surface area contributed by atoms with Gasteiger partial charge in [-0.2, -0.15) is 0 Å². The molecule has 0 saturated carbocycles. The second kappa shape index (κ2) is 4.47. The Morgan fingerprint density at radius 3 is 2.93 bits per heavy atom. The molecule has 0 aliphatic carbocycles. The lowest BCUT2D eigenvalue weighted by Gasteiger charge is -1.99. The topological polar surface area (TPSA) is 26.0 Å². The van der Waals surface area contributed by atoms with Crippen LogP contribution in [-0.2, 0) is 6.42 Å². The average Bonchev–Trinajstić information content (AvgIpc) is 2.57. The molecule has 15 heavy (non-hydrogen) atoms. The van der Waals surface area contributed by atoms with Crippen molar-refractivity contribution in [3.8, 4) is 0 Å². The lowest BCUT2D eigenvalue weighted by molar-refractivity contribution is 0.561. The van der Waals surface area contributed by atoms with Gasteiger partial charge in [-0.3, -0.25) is 0 Å². The van der Waals surface area contributed by atoms with Gasteiger partial charge in [-0.25, -0.2) is 4.98 Å². The van der Waals surface area contributed by atoms with E-state index in [9.17, 15) is 0 Å². The molecular weight excluding hydrogens is 186 g/mol. The number of unbranched alkanes of at least 4 members (excludes halogenated alkanes) is 2. The minimum absolute atomic E-state index is 0.746. The summed E-state index contributed by atoms with van der Waals surface area (Å²) < 4.78 is 5.44. The van der Waals surface area contributed by atoms with E-state index < -0.39 is 0 Å². The minimum atomic E-state index is 0.746. The fourth-order valence-electron chi connectivity index (χ4n) is 1.82. The Balaban J connectivity index is 2.15. The SMILES string of the molecule is CCCCCc1ccc2oc(C)nc2c1. The highest BCUT2D eigenvalue weighted by Gasteiger charge is 2.02. The third-order valence-corrected chi connectivity index (χ3v) is 2.63. The molecule has 0 aliphatic rings. The summed E-state index contributed by atoms with van der Waals surface area (Å²) in [5, 5.41) is 0. The summed E-state index contributed by atoms with van der Waals surface area (Å²) in [6.45, 7) is 4.11. The molecule has 0 unspecified atom stereocenters. The van der Waals surface area contributed by atoms with Crippen LogP contribution >= 0.6 is 0 Å². The number of aromatic nitrogens is 1. The van der Waals surface area contributed by atoms with Gasteiger partial charge >= 0.3 is 0 Å². The van der Waals surface area contributed by atoms with Crippen LogP contribution in [0.3, 0.4) is 0 Å². The Morgan fingerprint density at radius 1 is 1.27 bits per heavy atom. The molecule has 2 aromatic rings. The second-order valence-corrected chi connectivity index (χ2v) is 3.99. The van der Waals surface area contributed by atoms with Crippen LogP contribution in [0.4, 0.5) is 0 Å².